The normalized spacial score (nSPS) is 13.3. The van der Waals surface area contributed by atoms with Crippen LogP contribution in [0.15, 0.2) is 86.0 Å². The highest BCUT2D eigenvalue weighted by Gasteiger charge is 2.22. The van der Waals surface area contributed by atoms with Gasteiger partial charge < -0.3 is 38.8 Å². The molecular weight excluding hydrogens is 700 g/mol. The van der Waals surface area contributed by atoms with E-state index in [4.69, 9.17) is 24.7 Å². The third-order valence-corrected chi connectivity index (χ3v) is 8.64. The van der Waals surface area contributed by atoms with Crippen molar-refractivity contribution in [3.05, 3.63) is 108 Å². The van der Waals surface area contributed by atoms with Crippen LogP contribution >= 0.6 is 36.8 Å². The molecule has 1 fully saturated rings. The zero-order valence-electron chi connectivity index (χ0n) is 27.5. The van der Waals surface area contributed by atoms with Gasteiger partial charge in [0.1, 0.15) is 36.0 Å². The molecule has 1 aliphatic heterocycles. The number of pyridine rings is 4. The first kappa shape index (κ1) is 38.3. The van der Waals surface area contributed by atoms with Crippen molar-refractivity contribution in [1.82, 2.24) is 34.1 Å². The fourth-order valence-electron chi connectivity index (χ4n) is 4.82. The fraction of sp³-hybridized carbons (Fsp3) is 0.265. The van der Waals surface area contributed by atoms with E-state index >= 15 is 0 Å². The quantitative estimate of drug-likeness (QED) is 0.120. The molecule has 0 radical (unpaired) electrons. The molecule has 50 heavy (non-hydrogen) atoms. The lowest BCUT2D eigenvalue weighted by atomic mass is 10.2. The summed E-state index contributed by atoms with van der Waals surface area (Å²) in [6, 6.07) is 11.4. The maximum absolute atomic E-state index is 11.1. The molecule has 1 unspecified atom stereocenters. The van der Waals surface area contributed by atoms with Crippen LogP contribution in [0.25, 0.3) is 11.3 Å². The summed E-state index contributed by atoms with van der Waals surface area (Å²) in [5.41, 5.74) is 10.1. The van der Waals surface area contributed by atoms with E-state index < -0.39 is 0 Å². The van der Waals surface area contributed by atoms with E-state index in [1.165, 1.54) is 13.3 Å². The topological polar surface area (TPSA) is 152 Å². The van der Waals surface area contributed by atoms with E-state index in [1.807, 2.05) is 75.7 Å². The molecule has 7 rings (SSSR count). The molecule has 7 heterocycles. The number of aromatic nitrogens is 6. The molecule has 0 aromatic carbocycles. The van der Waals surface area contributed by atoms with Gasteiger partial charge in [-0.15, -0.1) is 24.2 Å². The van der Waals surface area contributed by atoms with Crippen LogP contribution in [-0.4, -0.2) is 73.8 Å². The Kier molecular flexibility index (Phi) is 15.0. The first-order valence-electron chi connectivity index (χ1n) is 15.3. The number of fused-ring (bicyclic) bond motifs is 2. The Morgan fingerprint density at radius 1 is 0.900 bits per heavy atom. The number of thiol groups is 1. The maximum Gasteiger partial charge on any atom is 0.213 e. The summed E-state index contributed by atoms with van der Waals surface area (Å²) in [6.07, 6.45) is 15.1. The van der Waals surface area contributed by atoms with Crippen molar-refractivity contribution in [2.24, 2.45) is 5.73 Å². The van der Waals surface area contributed by atoms with Crippen molar-refractivity contribution < 1.29 is 23.7 Å². The van der Waals surface area contributed by atoms with Crippen LogP contribution < -0.4 is 30.0 Å². The Labute approximate surface area is 305 Å². The highest BCUT2D eigenvalue weighted by atomic mass is 35.5. The summed E-state index contributed by atoms with van der Waals surface area (Å²) < 4.78 is 25.9. The van der Waals surface area contributed by atoms with Gasteiger partial charge in [0.05, 0.1) is 37.6 Å². The van der Waals surface area contributed by atoms with Crippen LogP contribution in [0.1, 0.15) is 32.4 Å². The van der Waals surface area contributed by atoms with E-state index in [0.29, 0.717) is 42.8 Å². The molecule has 6 aromatic heterocycles. The minimum absolute atomic E-state index is 0. The highest BCUT2D eigenvalue weighted by molar-refractivity contribution is 7.99. The number of nitrogens with one attached hydrogen (secondary N) is 1. The van der Waals surface area contributed by atoms with E-state index in [1.54, 1.807) is 31.8 Å². The Morgan fingerprint density at radius 2 is 1.46 bits per heavy atom. The molecule has 0 bridgehead atoms. The third kappa shape index (κ3) is 9.79. The van der Waals surface area contributed by atoms with Gasteiger partial charge in [-0.1, -0.05) is 12.1 Å². The van der Waals surface area contributed by atoms with Crippen LogP contribution in [0.4, 0.5) is 0 Å². The largest absolute Gasteiger partial charge is 0.487 e. The van der Waals surface area contributed by atoms with Gasteiger partial charge in [0.25, 0.3) is 0 Å². The van der Waals surface area contributed by atoms with Crippen molar-refractivity contribution in [2.75, 3.05) is 38.8 Å². The van der Waals surface area contributed by atoms with Gasteiger partial charge >= 0.3 is 0 Å². The predicted octanol–water partition coefficient (Wildman–Crippen LogP) is 5.08. The van der Waals surface area contributed by atoms with E-state index in [2.05, 4.69) is 37.9 Å². The number of carbonyl (C=O) groups excluding carboxylic acids is 1. The number of carbonyl (C=O) groups is 1. The second-order valence-electron chi connectivity index (χ2n) is 10.3. The van der Waals surface area contributed by atoms with Gasteiger partial charge in [0.15, 0.2) is 6.29 Å². The van der Waals surface area contributed by atoms with Gasteiger partial charge in [0, 0.05) is 90.6 Å². The Hall–Kier alpha value is -4.54. The van der Waals surface area contributed by atoms with Gasteiger partial charge in [-0.2, -0.15) is 12.6 Å². The molecule has 1 atom stereocenters. The Bertz CT molecular complexity index is 1950. The molecule has 16 heteroatoms. The first-order valence-corrected chi connectivity index (χ1v) is 17.0. The second kappa shape index (κ2) is 19.6. The lowest BCUT2D eigenvalue weighted by Crippen LogP contribution is -2.14. The molecule has 0 saturated carbocycles. The number of imidazole rings is 2. The molecule has 1 saturated heterocycles. The summed E-state index contributed by atoms with van der Waals surface area (Å²) in [4.78, 5) is 28.1. The number of thioether (sulfide) groups is 1. The number of halogens is 1. The molecule has 13 nitrogen and oxygen atoms in total. The maximum atomic E-state index is 11.1. The standard InChI is InChI=1S/C17H18N4O2S.C15H13N3O3.C2H7NS.ClH/c1-22-15-9-13(17-19-5-8-24-17)14(10-20-15)23-11-12-3-2-6-21-7-4-18-16(12)21;1-20-14-7-12(9-19)13(8-17-14)21-10-11-3-2-5-18-6-4-16-15(11)18;3-1-2-4;/h2-4,6-7,9-10,17,19H,5,8,11H2,1H3;2-9H,10H2,1H3;4H,1-3H2;1H. The van der Waals surface area contributed by atoms with Crippen LogP contribution in [0.3, 0.4) is 0 Å². The molecule has 0 aliphatic carbocycles. The average Bonchev–Trinajstić information content (AvgIpc) is 3.96. The molecule has 6 aromatic rings. The SMILES string of the molecule is COc1cc(C2NCCS2)c(OCc2cccn3ccnc23)cn1.COc1cc(C=O)c(OCc2cccn3ccnc23)cn1.Cl.NCCS. The number of nitrogens with zero attached hydrogens (tertiary/aromatic N) is 6. The van der Waals surface area contributed by atoms with Gasteiger partial charge in [0.2, 0.25) is 11.8 Å². The molecular formula is C34H39ClN8O5S2. The van der Waals surface area contributed by atoms with Crippen molar-refractivity contribution >= 4 is 54.4 Å². The van der Waals surface area contributed by atoms with Gasteiger partial charge in [-0.25, -0.2) is 19.9 Å². The number of nitrogens with two attached hydrogens (primary N) is 1. The zero-order valence-corrected chi connectivity index (χ0v) is 30.1. The highest BCUT2D eigenvalue weighted by Crippen LogP contribution is 2.37. The zero-order chi connectivity index (χ0) is 34.4. The van der Waals surface area contributed by atoms with E-state index in [0.717, 1.165) is 58.1 Å². The number of hydrogen-bond donors (Lipinski definition) is 3. The van der Waals surface area contributed by atoms with E-state index in [-0.39, 0.29) is 17.8 Å². The summed E-state index contributed by atoms with van der Waals surface area (Å²) in [7, 11) is 3.12. The van der Waals surface area contributed by atoms with Crippen LogP contribution in [0.5, 0.6) is 23.3 Å². The predicted molar refractivity (Wildman–Crippen MR) is 199 cm³/mol. The number of hydrogen-bond acceptors (Lipinski definition) is 13. The van der Waals surface area contributed by atoms with Crippen molar-refractivity contribution in [3.8, 4) is 23.3 Å². The van der Waals surface area contributed by atoms with Crippen molar-refractivity contribution in [2.45, 2.75) is 18.6 Å². The fourth-order valence-corrected chi connectivity index (χ4v) is 5.89. The average molecular weight is 739 g/mol. The molecule has 1 aliphatic rings. The monoisotopic (exact) mass is 738 g/mol. The number of aldehydes is 1. The minimum atomic E-state index is 0. The summed E-state index contributed by atoms with van der Waals surface area (Å²) >= 11 is 5.66. The van der Waals surface area contributed by atoms with Crippen molar-refractivity contribution in [1.29, 1.82) is 0 Å². The smallest absolute Gasteiger partial charge is 0.213 e. The summed E-state index contributed by atoms with van der Waals surface area (Å²) in [5, 5.41) is 3.68. The lowest BCUT2D eigenvalue weighted by molar-refractivity contribution is 0.111. The number of rotatable bonds is 11. The van der Waals surface area contributed by atoms with Gasteiger partial charge in [-0.05, 0) is 12.1 Å². The lowest BCUT2D eigenvalue weighted by Gasteiger charge is -2.16. The van der Waals surface area contributed by atoms with Gasteiger partial charge in [-0.3, -0.25) is 4.79 Å². The second-order valence-corrected chi connectivity index (χ2v) is 12.0. The Morgan fingerprint density at radius 3 is 1.98 bits per heavy atom. The van der Waals surface area contributed by atoms with Crippen LogP contribution in [-0.2, 0) is 13.2 Å². The minimum Gasteiger partial charge on any atom is -0.487 e. The number of methoxy groups -OCH3 is 2. The molecule has 3 N–H and O–H groups in total. The summed E-state index contributed by atoms with van der Waals surface area (Å²) in [6.45, 7) is 2.42. The third-order valence-electron chi connectivity index (χ3n) is 7.18. The van der Waals surface area contributed by atoms with Crippen molar-refractivity contribution in [3.63, 3.8) is 0 Å². The first-order chi connectivity index (χ1) is 24.1. The van der Waals surface area contributed by atoms with Crippen LogP contribution in [0.2, 0.25) is 0 Å². The molecule has 0 amide bonds. The van der Waals surface area contributed by atoms with E-state index in [9.17, 15) is 4.79 Å². The van der Waals surface area contributed by atoms with Crippen LogP contribution in [0, 0.1) is 0 Å². The summed E-state index contributed by atoms with van der Waals surface area (Å²) in [5.74, 6) is 4.04. The molecule has 0 spiro atoms. The molecule has 264 valence electrons. The number of ether oxygens (including phenoxy) is 4. The Balaban J connectivity index is 0.000000201.